The lowest BCUT2D eigenvalue weighted by molar-refractivity contribution is 0.0549. The summed E-state index contributed by atoms with van der Waals surface area (Å²) in [6, 6.07) is 9.83. The van der Waals surface area contributed by atoms with E-state index in [0.717, 1.165) is 29.9 Å². The zero-order valence-corrected chi connectivity index (χ0v) is 14.2. The molecule has 6 heteroatoms. The van der Waals surface area contributed by atoms with Gasteiger partial charge in [-0.05, 0) is 25.5 Å². The number of aliphatic hydroxyl groups is 1. The minimum absolute atomic E-state index is 0.0148. The maximum absolute atomic E-state index is 12.6. The summed E-state index contributed by atoms with van der Waals surface area (Å²) >= 11 is 0. The molecule has 0 aliphatic carbocycles. The zero-order chi connectivity index (χ0) is 17.1. The van der Waals surface area contributed by atoms with Crippen LogP contribution in [0.4, 0.5) is 0 Å². The van der Waals surface area contributed by atoms with Crippen molar-refractivity contribution in [2.75, 3.05) is 32.7 Å². The van der Waals surface area contributed by atoms with E-state index in [1.807, 2.05) is 42.2 Å². The summed E-state index contributed by atoms with van der Waals surface area (Å²) in [5.74, 6) is -0.0148. The van der Waals surface area contributed by atoms with E-state index in [2.05, 4.69) is 15.1 Å². The van der Waals surface area contributed by atoms with Gasteiger partial charge in [0.15, 0.2) is 0 Å². The summed E-state index contributed by atoms with van der Waals surface area (Å²) in [6.07, 6.45) is -0.337. The number of hydrogen-bond donors (Lipinski definition) is 2. The highest BCUT2D eigenvalue weighted by Gasteiger charge is 2.24. The summed E-state index contributed by atoms with van der Waals surface area (Å²) < 4.78 is 0. The highest BCUT2D eigenvalue weighted by atomic mass is 16.3. The standard InChI is InChI=1S/C18H24N4O2/c1-13-5-3-4-6-15(13)16-11-17(20-19-16)18(24)22-9-7-21(8-10-22)12-14(2)23/h3-6,11,14,23H,7-10,12H2,1-2H3,(H,19,20)/t14-/m1/s1. The van der Waals surface area contributed by atoms with E-state index in [1.165, 1.54) is 0 Å². The summed E-state index contributed by atoms with van der Waals surface area (Å²) in [7, 11) is 0. The van der Waals surface area contributed by atoms with E-state index in [4.69, 9.17) is 0 Å². The van der Waals surface area contributed by atoms with Crippen LogP contribution in [0.1, 0.15) is 23.0 Å². The van der Waals surface area contributed by atoms with Gasteiger partial charge in [0.25, 0.3) is 5.91 Å². The van der Waals surface area contributed by atoms with Gasteiger partial charge in [0.1, 0.15) is 5.69 Å². The first-order chi connectivity index (χ1) is 11.5. The van der Waals surface area contributed by atoms with E-state index in [-0.39, 0.29) is 12.0 Å². The second-order valence-electron chi connectivity index (χ2n) is 6.42. The van der Waals surface area contributed by atoms with Gasteiger partial charge in [0, 0.05) is 38.3 Å². The van der Waals surface area contributed by atoms with Crippen molar-refractivity contribution in [3.05, 3.63) is 41.6 Å². The highest BCUT2D eigenvalue weighted by Crippen LogP contribution is 2.22. The Morgan fingerprint density at radius 3 is 2.67 bits per heavy atom. The van der Waals surface area contributed by atoms with Crippen molar-refractivity contribution < 1.29 is 9.90 Å². The fraction of sp³-hybridized carbons (Fsp3) is 0.444. The number of aromatic amines is 1. The Morgan fingerprint density at radius 1 is 1.29 bits per heavy atom. The third kappa shape index (κ3) is 3.66. The van der Waals surface area contributed by atoms with Crippen LogP contribution < -0.4 is 0 Å². The molecule has 1 amide bonds. The number of benzene rings is 1. The predicted molar refractivity (Wildman–Crippen MR) is 92.8 cm³/mol. The van der Waals surface area contributed by atoms with E-state index in [1.54, 1.807) is 6.92 Å². The van der Waals surface area contributed by atoms with Gasteiger partial charge in [-0.15, -0.1) is 0 Å². The summed E-state index contributed by atoms with van der Waals surface area (Å²) in [5.41, 5.74) is 3.49. The Hall–Kier alpha value is -2.18. The van der Waals surface area contributed by atoms with Crippen molar-refractivity contribution in [2.45, 2.75) is 20.0 Å². The molecule has 0 unspecified atom stereocenters. The van der Waals surface area contributed by atoms with Crippen LogP contribution >= 0.6 is 0 Å². The van der Waals surface area contributed by atoms with Crippen LogP contribution in [0.2, 0.25) is 0 Å². The molecular weight excluding hydrogens is 304 g/mol. The van der Waals surface area contributed by atoms with Gasteiger partial charge in [0.2, 0.25) is 0 Å². The van der Waals surface area contributed by atoms with Crippen LogP contribution in [0.25, 0.3) is 11.3 Å². The fourth-order valence-corrected chi connectivity index (χ4v) is 3.11. The maximum Gasteiger partial charge on any atom is 0.271 e. The molecule has 1 atom stereocenters. The van der Waals surface area contributed by atoms with Crippen LogP contribution in [0.5, 0.6) is 0 Å². The molecule has 2 heterocycles. The molecule has 6 nitrogen and oxygen atoms in total. The maximum atomic E-state index is 12.6. The zero-order valence-electron chi connectivity index (χ0n) is 14.2. The fourth-order valence-electron chi connectivity index (χ4n) is 3.11. The third-order valence-electron chi connectivity index (χ3n) is 4.41. The van der Waals surface area contributed by atoms with Gasteiger partial charge in [-0.1, -0.05) is 24.3 Å². The van der Waals surface area contributed by atoms with Crippen LogP contribution in [0.15, 0.2) is 30.3 Å². The van der Waals surface area contributed by atoms with Crippen molar-refractivity contribution in [3.8, 4) is 11.3 Å². The molecule has 0 bridgehead atoms. The topological polar surface area (TPSA) is 72.5 Å². The Labute approximate surface area is 142 Å². The molecule has 2 aromatic rings. The molecular formula is C18H24N4O2. The van der Waals surface area contributed by atoms with Gasteiger partial charge in [-0.3, -0.25) is 14.8 Å². The number of carbonyl (C=O) groups excluding carboxylic acids is 1. The van der Waals surface area contributed by atoms with E-state index >= 15 is 0 Å². The summed E-state index contributed by atoms with van der Waals surface area (Å²) in [6.45, 7) is 7.39. The first-order valence-corrected chi connectivity index (χ1v) is 8.35. The summed E-state index contributed by atoms with van der Waals surface area (Å²) in [4.78, 5) is 16.7. The Morgan fingerprint density at radius 2 is 2.00 bits per heavy atom. The smallest absolute Gasteiger partial charge is 0.271 e. The van der Waals surface area contributed by atoms with Gasteiger partial charge in [0.05, 0.1) is 11.8 Å². The molecule has 3 rings (SSSR count). The monoisotopic (exact) mass is 328 g/mol. The normalized spacial score (nSPS) is 17.0. The van der Waals surface area contributed by atoms with Gasteiger partial charge in [-0.2, -0.15) is 5.10 Å². The van der Waals surface area contributed by atoms with Crippen molar-refractivity contribution >= 4 is 5.91 Å². The first kappa shape index (κ1) is 16.7. The predicted octanol–water partition coefficient (Wildman–Crippen LogP) is 1.52. The molecule has 1 aromatic heterocycles. The minimum atomic E-state index is -0.337. The minimum Gasteiger partial charge on any atom is -0.392 e. The van der Waals surface area contributed by atoms with Crippen molar-refractivity contribution in [1.82, 2.24) is 20.0 Å². The SMILES string of the molecule is Cc1ccccc1-c1cc(C(=O)N2CCN(C[C@@H](C)O)CC2)[nH]n1. The number of aromatic nitrogens is 2. The lowest BCUT2D eigenvalue weighted by Crippen LogP contribution is -2.50. The molecule has 0 saturated carbocycles. The number of hydrogen-bond acceptors (Lipinski definition) is 4. The number of amides is 1. The van der Waals surface area contributed by atoms with Crippen LogP contribution in [0, 0.1) is 6.92 Å². The molecule has 1 saturated heterocycles. The Bertz CT molecular complexity index is 703. The van der Waals surface area contributed by atoms with Crippen LogP contribution in [-0.2, 0) is 0 Å². The second kappa shape index (κ2) is 7.15. The lowest BCUT2D eigenvalue weighted by atomic mass is 10.1. The number of piperazine rings is 1. The number of nitrogens with zero attached hydrogens (tertiary/aromatic N) is 3. The molecule has 0 radical (unpaired) electrons. The van der Waals surface area contributed by atoms with E-state index in [9.17, 15) is 9.90 Å². The average molecular weight is 328 g/mol. The number of carbonyl (C=O) groups is 1. The highest BCUT2D eigenvalue weighted by molar-refractivity contribution is 5.93. The molecule has 128 valence electrons. The number of β-amino-alcohol motifs (C(OH)–C–C–N with tert-alkyl or cyclic N) is 1. The Kier molecular flexibility index (Phi) is 4.97. The molecule has 1 aromatic carbocycles. The first-order valence-electron chi connectivity index (χ1n) is 8.35. The molecule has 1 aliphatic heterocycles. The number of aliphatic hydroxyl groups excluding tert-OH is 1. The molecule has 1 aliphatic rings. The van der Waals surface area contributed by atoms with Gasteiger partial charge < -0.3 is 10.0 Å². The largest absolute Gasteiger partial charge is 0.392 e. The second-order valence-corrected chi connectivity index (χ2v) is 6.42. The van der Waals surface area contributed by atoms with Crippen LogP contribution in [0.3, 0.4) is 0 Å². The Balaban J connectivity index is 1.66. The van der Waals surface area contributed by atoms with E-state index < -0.39 is 0 Å². The number of nitrogens with one attached hydrogen (secondary N) is 1. The van der Waals surface area contributed by atoms with E-state index in [0.29, 0.717) is 25.3 Å². The molecule has 24 heavy (non-hydrogen) atoms. The lowest BCUT2D eigenvalue weighted by Gasteiger charge is -2.34. The molecule has 0 spiro atoms. The van der Waals surface area contributed by atoms with Crippen molar-refractivity contribution in [1.29, 1.82) is 0 Å². The number of aryl methyl sites for hydroxylation is 1. The van der Waals surface area contributed by atoms with Gasteiger partial charge in [-0.25, -0.2) is 0 Å². The van der Waals surface area contributed by atoms with Crippen LogP contribution in [-0.4, -0.2) is 69.8 Å². The molecule has 2 N–H and O–H groups in total. The third-order valence-corrected chi connectivity index (χ3v) is 4.41. The quantitative estimate of drug-likeness (QED) is 0.893. The average Bonchev–Trinajstić information content (AvgIpc) is 3.04. The number of H-pyrrole nitrogens is 1. The van der Waals surface area contributed by atoms with Crippen molar-refractivity contribution in [3.63, 3.8) is 0 Å². The molecule has 1 fully saturated rings. The van der Waals surface area contributed by atoms with Gasteiger partial charge >= 0.3 is 0 Å². The van der Waals surface area contributed by atoms with Crippen molar-refractivity contribution in [2.24, 2.45) is 0 Å². The summed E-state index contributed by atoms with van der Waals surface area (Å²) in [5, 5.41) is 16.6. The number of rotatable bonds is 4.